The molecule has 0 aliphatic carbocycles. The summed E-state index contributed by atoms with van der Waals surface area (Å²) in [5, 5.41) is 8.28. The predicted molar refractivity (Wildman–Crippen MR) is 61.3 cm³/mol. The third-order valence-corrected chi connectivity index (χ3v) is 3.05. The van der Waals surface area contributed by atoms with E-state index in [4.69, 9.17) is 0 Å². The Morgan fingerprint density at radius 1 is 1.53 bits per heavy atom. The van der Waals surface area contributed by atoms with Crippen molar-refractivity contribution in [3.05, 3.63) is 28.6 Å². The molecule has 2 aromatic rings. The Balaban J connectivity index is 2.44. The minimum absolute atomic E-state index is 0.256. The van der Waals surface area contributed by atoms with Crippen molar-refractivity contribution in [3.8, 4) is 0 Å². The maximum atomic E-state index is 13.0. The molecule has 5 heteroatoms. The lowest BCUT2D eigenvalue weighted by Gasteiger charge is -2.01. The average molecular weight is 272 g/mol. The second-order valence-corrected chi connectivity index (χ2v) is 4.03. The van der Waals surface area contributed by atoms with Crippen LogP contribution in [0.1, 0.15) is 0 Å². The first-order chi connectivity index (χ1) is 7.22. The van der Waals surface area contributed by atoms with Crippen molar-refractivity contribution in [2.45, 2.75) is 6.54 Å². The van der Waals surface area contributed by atoms with Crippen LogP contribution in [-0.4, -0.2) is 23.4 Å². The highest BCUT2D eigenvalue weighted by molar-refractivity contribution is 9.10. The molecule has 0 radical (unpaired) electrons. The Morgan fingerprint density at radius 3 is 3.07 bits per heavy atom. The van der Waals surface area contributed by atoms with Crippen LogP contribution in [0.2, 0.25) is 0 Å². The summed E-state index contributed by atoms with van der Waals surface area (Å²) in [5.74, 6) is -0.256. The molecule has 0 saturated carbocycles. The SMILES string of the molecule is CNCCn1nc2cc(F)ccc2c1Br. The van der Waals surface area contributed by atoms with Crippen LogP contribution >= 0.6 is 15.9 Å². The van der Waals surface area contributed by atoms with Gasteiger partial charge in [-0.05, 0) is 35.1 Å². The highest BCUT2D eigenvalue weighted by Crippen LogP contribution is 2.24. The molecule has 0 aliphatic heterocycles. The fraction of sp³-hybridized carbons (Fsp3) is 0.300. The van der Waals surface area contributed by atoms with E-state index in [9.17, 15) is 4.39 Å². The number of fused-ring (bicyclic) bond motifs is 1. The van der Waals surface area contributed by atoms with E-state index in [0.29, 0.717) is 5.52 Å². The van der Waals surface area contributed by atoms with Crippen molar-refractivity contribution >= 4 is 26.8 Å². The van der Waals surface area contributed by atoms with Crippen LogP contribution in [0.4, 0.5) is 4.39 Å². The van der Waals surface area contributed by atoms with E-state index >= 15 is 0 Å². The predicted octanol–water partition coefficient (Wildman–Crippen LogP) is 2.16. The van der Waals surface area contributed by atoms with Gasteiger partial charge >= 0.3 is 0 Å². The highest BCUT2D eigenvalue weighted by atomic mass is 79.9. The molecule has 1 aromatic carbocycles. The Hall–Kier alpha value is -0.940. The summed E-state index contributed by atoms with van der Waals surface area (Å²) in [7, 11) is 1.89. The van der Waals surface area contributed by atoms with Gasteiger partial charge in [-0.2, -0.15) is 5.10 Å². The number of nitrogens with one attached hydrogen (secondary N) is 1. The van der Waals surface area contributed by atoms with E-state index in [1.807, 2.05) is 11.7 Å². The molecule has 0 amide bonds. The largest absolute Gasteiger partial charge is 0.318 e. The number of halogens is 2. The second kappa shape index (κ2) is 4.28. The van der Waals surface area contributed by atoms with Crippen molar-refractivity contribution in [2.24, 2.45) is 0 Å². The van der Waals surface area contributed by atoms with Crippen LogP contribution in [0.15, 0.2) is 22.8 Å². The van der Waals surface area contributed by atoms with Crippen LogP contribution in [-0.2, 0) is 6.54 Å². The maximum Gasteiger partial charge on any atom is 0.125 e. The summed E-state index contributed by atoms with van der Waals surface area (Å²) in [4.78, 5) is 0. The van der Waals surface area contributed by atoms with Gasteiger partial charge in [0.2, 0.25) is 0 Å². The molecular formula is C10H11BrFN3. The second-order valence-electron chi connectivity index (χ2n) is 3.28. The Labute approximate surface area is 95.4 Å². The van der Waals surface area contributed by atoms with Crippen molar-refractivity contribution in [1.82, 2.24) is 15.1 Å². The third kappa shape index (κ3) is 2.03. The number of hydrogen-bond acceptors (Lipinski definition) is 2. The molecule has 0 saturated heterocycles. The molecule has 0 atom stereocenters. The molecule has 1 aromatic heterocycles. The van der Waals surface area contributed by atoms with Gasteiger partial charge in [-0.1, -0.05) is 0 Å². The van der Waals surface area contributed by atoms with Crippen LogP contribution < -0.4 is 5.32 Å². The van der Waals surface area contributed by atoms with E-state index in [1.165, 1.54) is 12.1 Å². The Bertz CT molecular complexity index is 481. The Morgan fingerprint density at radius 2 is 2.33 bits per heavy atom. The van der Waals surface area contributed by atoms with Gasteiger partial charge in [-0.25, -0.2) is 4.39 Å². The van der Waals surface area contributed by atoms with E-state index < -0.39 is 0 Å². The van der Waals surface area contributed by atoms with E-state index in [2.05, 4.69) is 26.3 Å². The number of likely N-dealkylation sites (N-methyl/N-ethyl adjacent to an activating group) is 1. The monoisotopic (exact) mass is 271 g/mol. The van der Waals surface area contributed by atoms with Crippen molar-refractivity contribution in [1.29, 1.82) is 0 Å². The smallest absolute Gasteiger partial charge is 0.125 e. The lowest BCUT2D eigenvalue weighted by Crippen LogP contribution is -2.15. The van der Waals surface area contributed by atoms with Crippen LogP contribution in [0.5, 0.6) is 0 Å². The topological polar surface area (TPSA) is 29.9 Å². The fourth-order valence-corrected chi connectivity index (χ4v) is 2.03. The molecule has 3 nitrogen and oxygen atoms in total. The van der Waals surface area contributed by atoms with Crippen molar-refractivity contribution in [3.63, 3.8) is 0 Å². The molecular weight excluding hydrogens is 261 g/mol. The molecule has 1 N–H and O–H groups in total. The Kier molecular flexibility index (Phi) is 3.02. The van der Waals surface area contributed by atoms with Gasteiger partial charge in [-0.3, -0.25) is 4.68 Å². The summed E-state index contributed by atoms with van der Waals surface area (Å²) < 4.78 is 15.7. The van der Waals surface area contributed by atoms with Gasteiger partial charge in [-0.15, -0.1) is 0 Å². The minimum atomic E-state index is -0.256. The molecule has 80 valence electrons. The molecule has 2 rings (SSSR count). The van der Waals surface area contributed by atoms with Crippen LogP contribution in [0, 0.1) is 5.82 Å². The zero-order valence-corrected chi connectivity index (χ0v) is 9.88. The number of aromatic nitrogens is 2. The van der Waals surface area contributed by atoms with Gasteiger partial charge < -0.3 is 5.32 Å². The number of benzene rings is 1. The molecule has 0 unspecified atom stereocenters. The maximum absolute atomic E-state index is 13.0. The number of nitrogens with zero attached hydrogens (tertiary/aromatic N) is 2. The first-order valence-corrected chi connectivity index (χ1v) is 5.48. The van der Waals surface area contributed by atoms with Crippen LogP contribution in [0.25, 0.3) is 10.9 Å². The van der Waals surface area contributed by atoms with Gasteiger partial charge in [0.15, 0.2) is 0 Å². The van der Waals surface area contributed by atoms with E-state index in [0.717, 1.165) is 23.1 Å². The highest BCUT2D eigenvalue weighted by Gasteiger charge is 2.08. The van der Waals surface area contributed by atoms with Gasteiger partial charge in [0.05, 0.1) is 12.1 Å². The van der Waals surface area contributed by atoms with Gasteiger partial charge in [0, 0.05) is 18.0 Å². The fourth-order valence-electron chi connectivity index (χ4n) is 1.44. The van der Waals surface area contributed by atoms with Crippen LogP contribution in [0.3, 0.4) is 0 Å². The number of rotatable bonds is 3. The van der Waals surface area contributed by atoms with E-state index in [-0.39, 0.29) is 5.82 Å². The summed E-state index contributed by atoms with van der Waals surface area (Å²) in [6.45, 7) is 1.59. The summed E-state index contributed by atoms with van der Waals surface area (Å²) >= 11 is 3.46. The normalized spacial score (nSPS) is 11.1. The molecule has 0 fully saturated rings. The average Bonchev–Trinajstić information content (AvgIpc) is 2.52. The van der Waals surface area contributed by atoms with Gasteiger partial charge in [0.1, 0.15) is 10.4 Å². The lowest BCUT2D eigenvalue weighted by molar-refractivity contribution is 0.579. The molecule has 0 bridgehead atoms. The standard InChI is InChI=1S/C10H11BrFN3/c1-13-4-5-15-10(11)8-3-2-7(12)6-9(8)14-15/h2-3,6,13H,4-5H2,1H3. The summed E-state index contributed by atoms with van der Waals surface area (Å²) in [6.07, 6.45) is 0. The molecule has 1 heterocycles. The van der Waals surface area contributed by atoms with Crippen molar-refractivity contribution < 1.29 is 4.39 Å². The number of hydrogen-bond donors (Lipinski definition) is 1. The first kappa shape index (κ1) is 10.6. The third-order valence-electron chi connectivity index (χ3n) is 2.21. The first-order valence-electron chi connectivity index (χ1n) is 4.68. The minimum Gasteiger partial charge on any atom is -0.318 e. The van der Waals surface area contributed by atoms with Gasteiger partial charge in [0.25, 0.3) is 0 Å². The molecule has 15 heavy (non-hydrogen) atoms. The zero-order chi connectivity index (χ0) is 10.8. The van der Waals surface area contributed by atoms with Crippen molar-refractivity contribution in [2.75, 3.05) is 13.6 Å². The summed E-state index contributed by atoms with van der Waals surface area (Å²) in [6, 6.07) is 4.62. The van der Waals surface area contributed by atoms with E-state index in [1.54, 1.807) is 6.07 Å². The zero-order valence-electron chi connectivity index (χ0n) is 8.30. The molecule has 0 aliphatic rings. The summed E-state index contributed by atoms with van der Waals surface area (Å²) in [5.41, 5.74) is 0.679. The quantitative estimate of drug-likeness (QED) is 0.927. The lowest BCUT2D eigenvalue weighted by atomic mass is 10.2. The molecule has 0 spiro atoms.